The van der Waals surface area contributed by atoms with Crippen molar-refractivity contribution in [1.29, 1.82) is 0 Å². The van der Waals surface area contributed by atoms with E-state index in [9.17, 15) is 8.78 Å². The molecule has 2 aromatic carbocycles. The van der Waals surface area contributed by atoms with Crippen LogP contribution in [-0.2, 0) is 6.11 Å². The molecule has 160 valence electrons. The second-order valence-corrected chi connectivity index (χ2v) is 9.22. The highest BCUT2D eigenvalue weighted by Gasteiger charge is 2.35. The van der Waals surface area contributed by atoms with Crippen LogP contribution in [0.25, 0.3) is 0 Å². The molecule has 0 spiro atoms. The van der Waals surface area contributed by atoms with Crippen molar-refractivity contribution in [3.63, 3.8) is 0 Å². The fraction of sp³-hybridized carbons (Fsp3) is 0.481. The molecule has 2 aliphatic carbocycles. The first-order valence-electron chi connectivity index (χ1n) is 11.3. The summed E-state index contributed by atoms with van der Waals surface area (Å²) >= 11 is 0. The van der Waals surface area contributed by atoms with Gasteiger partial charge in [-0.05, 0) is 112 Å². The molecule has 1 nitrogen and oxygen atoms in total. The summed E-state index contributed by atoms with van der Waals surface area (Å²) in [7, 11) is 0. The van der Waals surface area contributed by atoms with Crippen molar-refractivity contribution in [2.75, 3.05) is 0 Å². The molecule has 30 heavy (non-hydrogen) atoms. The van der Waals surface area contributed by atoms with Gasteiger partial charge in [-0.25, -0.2) is 0 Å². The molecule has 2 fully saturated rings. The van der Waals surface area contributed by atoms with Crippen LogP contribution in [0, 0.1) is 24.7 Å². The van der Waals surface area contributed by atoms with Crippen LogP contribution in [0.4, 0.5) is 8.78 Å². The molecule has 2 saturated carbocycles. The van der Waals surface area contributed by atoms with Crippen molar-refractivity contribution in [3.05, 3.63) is 77.1 Å². The standard InChI is InChI=1S/C27H32F2O/c1-19-3-7-21(8-4-19)22-9-11-23(12-10-22)24-13-15-25(16-14-24)27(28,29)30-26-17-5-20(2)6-18-26/h5-6,13-18,21,23H,3-4,7-12H2,1-2H3. The molecule has 2 radical (unpaired) electrons. The lowest BCUT2D eigenvalue weighted by Crippen LogP contribution is -2.23. The third-order valence-electron chi connectivity index (χ3n) is 7.03. The van der Waals surface area contributed by atoms with Crippen molar-refractivity contribution in [1.82, 2.24) is 0 Å². The summed E-state index contributed by atoms with van der Waals surface area (Å²) in [5.74, 6) is 4.89. The van der Waals surface area contributed by atoms with E-state index in [2.05, 4.69) is 6.92 Å². The second kappa shape index (κ2) is 9.08. The maximum atomic E-state index is 14.6. The summed E-state index contributed by atoms with van der Waals surface area (Å²) in [5, 5.41) is 0. The first kappa shape index (κ1) is 21.3. The van der Waals surface area contributed by atoms with Gasteiger partial charge in [-0.2, -0.15) is 8.78 Å². The minimum atomic E-state index is -3.34. The smallest absolute Gasteiger partial charge is 0.426 e. The van der Waals surface area contributed by atoms with Crippen molar-refractivity contribution in [2.45, 2.75) is 77.2 Å². The molecule has 0 saturated heterocycles. The second-order valence-electron chi connectivity index (χ2n) is 9.22. The zero-order valence-corrected chi connectivity index (χ0v) is 18.1. The molecule has 0 N–H and O–H groups in total. The first-order valence-corrected chi connectivity index (χ1v) is 11.3. The number of hydrogen-bond acceptors (Lipinski definition) is 1. The van der Waals surface area contributed by atoms with E-state index in [1.165, 1.54) is 56.2 Å². The Morgan fingerprint density at radius 2 is 1.30 bits per heavy atom. The third-order valence-corrected chi connectivity index (χ3v) is 7.03. The normalized spacial score (nSPS) is 20.4. The Kier molecular flexibility index (Phi) is 6.46. The molecular weight excluding hydrogens is 378 g/mol. The lowest BCUT2D eigenvalue weighted by atomic mass is 9.68. The zero-order valence-electron chi connectivity index (χ0n) is 18.1. The summed E-state index contributed by atoms with van der Waals surface area (Å²) < 4.78 is 34.1. The summed E-state index contributed by atoms with van der Waals surface area (Å²) in [6, 6.07) is 13.5. The minimum absolute atomic E-state index is 0.0938. The molecule has 0 amide bonds. The van der Waals surface area contributed by atoms with Crippen molar-refractivity contribution in [2.24, 2.45) is 5.92 Å². The predicted molar refractivity (Wildman–Crippen MR) is 117 cm³/mol. The van der Waals surface area contributed by atoms with Gasteiger partial charge in [-0.15, -0.1) is 0 Å². The van der Waals surface area contributed by atoms with Crippen LogP contribution in [0.5, 0.6) is 5.75 Å². The van der Waals surface area contributed by atoms with E-state index in [0.717, 1.165) is 24.3 Å². The van der Waals surface area contributed by atoms with E-state index < -0.39 is 6.11 Å². The van der Waals surface area contributed by atoms with Gasteiger partial charge < -0.3 is 4.74 Å². The highest BCUT2D eigenvalue weighted by Crippen LogP contribution is 2.45. The largest absolute Gasteiger partial charge is 0.429 e. The van der Waals surface area contributed by atoms with Crippen LogP contribution in [-0.4, -0.2) is 0 Å². The molecule has 0 atom stereocenters. The number of aryl methyl sites for hydroxylation is 1. The van der Waals surface area contributed by atoms with E-state index in [0.29, 0.717) is 5.92 Å². The summed E-state index contributed by atoms with van der Waals surface area (Å²) in [6.07, 6.45) is 6.58. The highest BCUT2D eigenvalue weighted by atomic mass is 19.3. The molecule has 3 heteroatoms. The third kappa shape index (κ3) is 5.04. The summed E-state index contributed by atoms with van der Waals surface area (Å²) in [6.45, 7) is 4.21. The quantitative estimate of drug-likeness (QED) is 0.483. The number of ether oxygens (including phenoxy) is 1. The van der Waals surface area contributed by atoms with Crippen molar-refractivity contribution < 1.29 is 13.5 Å². The van der Waals surface area contributed by atoms with E-state index in [1.807, 2.05) is 19.1 Å². The average Bonchev–Trinajstić information content (AvgIpc) is 2.76. The zero-order chi connectivity index (χ0) is 21.1. The topological polar surface area (TPSA) is 9.23 Å². The monoisotopic (exact) mass is 410 g/mol. The van der Waals surface area contributed by atoms with Crippen molar-refractivity contribution in [3.8, 4) is 5.75 Å². The molecule has 0 unspecified atom stereocenters. The molecule has 0 bridgehead atoms. The fourth-order valence-corrected chi connectivity index (χ4v) is 5.01. The van der Waals surface area contributed by atoms with Crippen LogP contribution in [0.1, 0.15) is 80.9 Å². The number of alkyl halides is 2. The highest BCUT2D eigenvalue weighted by molar-refractivity contribution is 5.31. The Morgan fingerprint density at radius 3 is 1.90 bits per heavy atom. The Hall–Kier alpha value is -1.90. The van der Waals surface area contributed by atoms with Gasteiger partial charge in [0.1, 0.15) is 5.75 Å². The number of benzene rings is 2. The molecule has 2 aliphatic rings. The SMILES string of the molecule is C[C]1CCC([C]2CCC(c3ccc(C(F)(F)Oc4ccc(C)cc4)cc3)CC2)CC1. The molecule has 0 aliphatic heterocycles. The van der Waals surface area contributed by atoms with Crippen LogP contribution in [0.2, 0.25) is 0 Å². The number of hydrogen-bond donors (Lipinski definition) is 0. The Bertz CT molecular complexity index is 796. The van der Waals surface area contributed by atoms with Crippen LogP contribution in [0.15, 0.2) is 48.5 Å². The Balaban J connectivity index is 1.34. The molecule has 2 aromatic rings. The number of rotatable bonds is 5. The molecule has 0 aromatic heterocycles. The molecule has 4 rings (SSSR count). The maximum Gasteiger partial charge on any atom is 0.426 e. The van der Waals surface area contributed by atoms with Gasteiger partial charge in [0, 0.05) is 0 Å². The van der Waals surface area contributed by atoms with Crippen molar-refractivity contribution >= 4 is 0 Å². The molecular formula is C27H32F2O. The lowest BCUT2D eigenvalue weighted by Gasteiger charge is -2.37. The van der Waals surface area contributed by atoms with Gasteiger partial charge in [0.25, 0.3) is 0 Å². The van der Waals surface area contributed by atoms with E-state index in [4.69, 9.17) is 4.74 Å². The van der Waals surface area contributed by atoms with Gasteiger partial charge in [0.05, 0.1) is 5.56 Å². The van der Waals surface area contributed by atoms with Crippen LogP contribution < -0.4 is 4.74 Å². The minimum Gasteiger partial charge on any atom is -0.429 e. The van der Waals surface area contributed by atoms with Crippen LogP contribution in [0.3, 0.4) is 0 Å². The Labute approximate surface area is 179 Å². The van der Waals surface area contributed by atoms with Gasteiger partial charge in [0.2, 0.25) is 0 Å². The van der Waals surface area contributed by atoms with E-state index >= 15 is 0 Å². The lowest BCUT2D eigenvalue weighted by molar-refractivity contribution is -0.185. The predicted octanol–water partition coefficient (Wildman–Crippen LogP) is 8.14. The van der Waals surface area contributed by atoms with Gasteiger partial charge in [-0.3, -0.25) is 0 Å². The maximum absolute atomic E-state index is 14.6. The van der Waals surface area contributed by atoms with E-state index in [1.54, 1.807) is 36.1 Å². The average molecular weight is 411 g/mol. The fourth-order valence-electron chi connectivity index (χ4n) is 5.01. The van der Waals surface area contributed by atoms with Gasteiger partial charge in [0.15, 0.2) is 0 Å². The van der Waals surface area contributed by atoms with Gasteiger partial charge >= 0.3 is 6.11 Å². The van der Waals surface area contributed by atoms with Gasteiger partial charge in [-0.1, -0.05) is 36.8 Å². The summed E-state index contributed by atoms with van der Waals surface area (Å²) in [5.41, 5.74) is 2.10. The summed E-state index contributed by atoms with van der Waals surface area (Å²) in [4.78, 5) is 0. The first-order chi connectivity index (χ1) is 14.4. The Morgan fingerprint density at radius 1 is 0.733 bits per heavy atom. The number of halogens is 2. The molecule has 0 heterocycles. The van der Waals surface area contributed by atoms with Crippen LogP contribution >= 0.6 is 0 Å². The van der Waals surface area contributed by atoms with E-state index in [-0.39, 0.29) is 11.3 Å².